The van der Waals surface area contributed by atoms with Gasteiger partial charge >= 0.3 is 5.97 Å². The van der Waals surface area contributed by atoms with Crippen molar-refractivity contribution in [2.24, 2.45) is 5.41 Å². The Balaban J connectivity index is 1.39. The number of aromatic nitrogens is 3. The summed E-state index contributed by atoms with van der Waals surface area (Å²) in [6.45, 7) is 3.47. The first kappa shape index (κ1) is 21.9. The van der Waals surface area contributed by atoms with Crippen molar-refractivity contribution < 1.29 is 14.3 Å². The highest BCUT2D eigenvalue weighted by Gasteiger charge is 2.27. The predicted octanol–water partition coefficient (Wildman–Crippen LogP) is 6.86. The standard InChI is InChI=1S/C27H22ClN3O3/c1-27(2,26(32)33)15-16-3-5-17(6-4-16)22-13-19-7-8-20(14-23(19)29-22)25-31-30-24(34-25)18-9-11-21(28)12-10-18/h3-14,29H,15H2,1-2H3,(H,32,33). The molecule has 5 rings (SSSR count). The monoisotopic (exact) mass is 471 g/mol. The largest absolute Gasteiger partial charge is 0.481 e. The van der Waals surface area contributed by atoms with Gasteiger partial charge in [0.05, 0.1) is 5.41 Å². The highest BCUT2D eigenvalue weighted by Crippen LogP contribution is 2.30. The van der Waals surface area contributed by atoms with E-state index in [1.807, 2.05) is 54.6 Å². The molecule has 6 nitrogen and oxygen atoms in total. The number of carbonyl (C=O) groups is 1. The number of H-pyrrole nitrogens is 1. The Kier molecular flexibility index (Phi) is 5.46. The molecule has 0 bridgehead atoms. The van der Waals surface area contributed by atoms with Crippen LogP contribution in [0.15, 0.2) is 77.2 Å². The van der Waals surface area contributed by atoms with Gasteiger partial charge in [-0.3, -0.25) is 4.79 Å². The molecule has 0 radical (unpaired) electrons. The fourth-order valence-electron chi connectivity index (χ4n) is 3.85. The van der Waals surface area contributed by atoms with Crippen molar-refractivity contribution in [1.29, 1.82) is 0 Å². The zero-order valence-corrected chi connectivity index (χ0v) is 19.4. The Hall–Kier alpha value is -3.90. The lowest BCUT2D eigenvalue weighted by Crippen LogP contribution is -2.26. The van der Waals surface area contributed by atoms with E-state index in [-0.39, 0.29) is 0 Å². The van der Waals surface area contributed by atoms with Gasteiger partial charge < -0.3 is 14.5 Å². The summed E-state index contributed by atoms with van der Waals surface area (Å²) in [4.78, 5) is 14.9. The molecule has 0 fully saturated rings. The molecule has 0 aliphatic carbocycles. The van der Waals surface area contributed by atoms with Crippen molar-refractivity contribution >= 4 is 28.5 Å². The number of aliphatic carboxylic acids is 1. The number of benzene rings is 3. The van der Waals surface area contributed by atoms with Gasteiger partial charge in [-0.1, -0.05) is 41.9 Å². The second-order valence-electron chi connectivity index (χ2n) is 8.97. The third-order valence-electron chi connectivity index (χ3n) is 5.88. The molecule has 2 aromatic heterocycles. The van der Waals surface area contributed by atoms with Crippen LogP contribution >= 0.6 is 11.6 Å². The first-order valence-corrected chi connectivity index (χ1v) is 11.2. The molecule has 3 aromatic carbocycles. The Morgan fingerprint density at radius 1 is 0.912 bits per heavy atom. The quantitative estimate of drug-likeness (QED) is 0.282. The number of hydrogen-bond donors (Lipinski definition) is 2. The summed E-state index contributed by atoms with van der Waals surface area (Å²) in [5.41, 5.74) is 4.76. The van der Waals surface area contributed by atoms with Gasteiger partial charge in [-0.2, -0.15) is 0 Å². The minimum atomic E-state index is -0.804. The summed E-state index contributed by atoms with van der Waals surface area (Å²) >= 11 is 5.95. The van der Waals surface area contributed by atoms with Crippen LogP contribution in [0.1, 0.15) is 19.4 Å². The van der Waals surface area contributed by atoms with Gasteiger partial charge in [-0.05, 0) is 73.9 Å². The first-order chi connectivity index (χ1) is 16.3. The van der Waals surface area contributed by atoms with E-state index in [0.29, 0.717) is 23.2 Å². The van der Waals surface area contributed by atoms with Gasteiger partial charge in [0.1, 0.15) is 0 Å². The number of fused-ring (bicyclic) bond motifs is 1. The van der Waals surface area contributed by atoms with Crippen LogP contribution in [0.25, 0.3) is 45.1 Å². The van der Waals surface area contributed by atoms with Crippen molar-refractivity contribution in [1.82, 2.24) is 15.2 Å². The van der Waals surface area contributed by atoms with Crippen molar-refractivity contribution in [3.63, 3.8) is 0 Å². The van der Waals surface area contributed by atoms with E-state index in [9.17, 15) is 9.90 Å². The number of carboxylic acids is 1. The third kappa shape index (κ3) is 4.32. The van der Waals surface area contributed by atoms with Crippen molar-refractivity contribution in [3.8, 4) is 34.2 Å². The van der Waals surface area contributed by atoms with Crippen LogP contribution in [0.4, 0.5) is 0 Å². The summed E-state index contributed by atoms with van der Waals surface area (Å²) in [5.74, 6) is 0.0723. The van der Waals surface area contributed by atoms with Crippen LogP contribution < -0.4 is 0 Å². The normalized spacial score (nSPS) is 11.7. The molecular weight excluding hydrogens is 450 g/mol. The molecule has 0 amide bonds. The second kappa shape index (κ2) is 8.47. The van der Waals surface area contributed by atoms with E-state index in [1.54, 1.807) is 26.0 Å². The lowest BCUT2D eigenvalue weighted by atomic mass is 9.86. The molecule has 0 spiro atoms. The Morgan fingerprint density at radius 2 is 1.53 bits per heavy atom. The Labute approximate surface area is 201 Å². The predicted molar refractivity (Wildman–Crippen MR) is 133 cm³/mol. The number of aromatic amines is 1. The number of nitrogens with zero attached hydrogens (tertiary/aromatic N) is 2. The van der Waals surface area contributed by atoms with E-state index in [2.05, 4.69) is 21.2 Å². The SMILES string of the molecule is CC(C)(Cc1ccc(-c2cc3ccc(-c4nnc(-c5ccc(Cl)cc5)o4)cc3[nH]2)cc1)C(=O)O. The number of hydrogen-bond acceptors (Lipinski definition) is 4. The minimum absolute atomic E-state index is 0.435. The molecule has 0 aliphatic heterocycles. The van der Waals surface area contributed by atoms with E-state index < -0.39 is 11.4 Å². The lowest BCUT2D eigenvalue weighted by molar-refractivity contribution is -0.146. The van der Waals surface area contributed by atoms with Gasteiger partial charge in [-0.15, -0.1) is 10.2 Å². The van der Waals surface area contributed by atoms with Crippen LogP contribution in [-0.2, 0) is 11.2 Å². The van der Waals surface area contributed by atoms with Crippen LogP contribution in [0.3, 0.4) is 0 Å². The van der Waals surface area contributed by atoms with E-state index in [0.717, 1.165) is 38.9 Å². The highest BCUT2D eigenvalue weighted by atomic mass is 35.5. The summed E-state index contributed by atoms with van der Waals surface area (Å²) < 4.78 is 5.88. The zero-order chi connectivity index (χ0) is 23.9. The van der Waals surface area contributed by atoms with E-state index >= 15 is 0 Å². The van der Waals surface area contributed by atoms with Gasteiger partial charge in [0.2, 0.25) is 11.8 Å². The molecule has 34 heavy (non-hydrogen) atoms. The van der Waals surface area contributed by atoms with Crippen LogP contribution in [0.2, 0.25) is 5.02 Å². The fraction of sp³-hybridized carbons (Fsp3) is 0.148. The average Bonchev–Trinajstić information content (AvgIpc) is 3.47. The smallest absolute Gasteiger partial charge is 0.309 e. The molecular formula is C27H22ClN3O3. The number of carboxylic acid groups (broad SMARTS) is 1. The molecule has 7 heteroatoms. The second-order valence-corrected chi connectivity index (χ2v) is 9.40. The summed E-state index contributed by atoms with van der Waals surface area (Å²) in [6, 6.07) is 23.3. The van der Waals surface area contributed by atoms with Gasteiger partial charge in [-0.25, -0.2) is 0 Å². The maximum atomic E-state index is 11.4. The molecule has 0 saturated carbocycles. The highest BCUT2D eigenvalue weighted by molar-refractivity contribution is 6.30. The van der Waals surface area contributed by atoms with Crippen molar-refractivity contribution in [3.05, 3.63) is 83.4 Å². The molecule has 170 valence electrons. The number of nitrogens with one attached hydrogen (secondary N) is 1. The van der Waals surface area contributed by atoms with Crippen LogP contribution in [-0.4, -0.2) is 26.3 Å². The van der Waals surface area contributed by atoms with Crippen LogP contribution in [0, 0.1) is 5.41 Å². The maximum Gasteiger partial charge on any atom is 0.309 e. The fourth-order valence-corrected chi connectivity index (χ4v) is 3.98. The van der Waals surface area contributed by atoms with Crippen molar-refractivity contribution in [2.45, 2.75) is 20.3 Å². The minimum Gasteiger partial charge on any atom is -0.481 e. The topological polar surface area (TPSA) is 92.0 Å². The molecule has 0 unspecified atom stereocenters. The van der Waals surface area contributed by atoms with Crippen molar-refractivity contribution in [2.75, 3.05) is 0 Å². The average molecular weight is 472 g/mol. The van der Waals surface area contributed by atoms with Gasteiger partial charge in [0, 0.05) is 32.7 Å². The summed E-state index contributed by atoms with van der Waals surface area (Å²) in [5, 5.41) is 19.4. The maximum absolute atomic E-state index is 11.4. The molecule has 0 saturated heterocycles. The molecule has 0 aliphatic rings. The third-order valence-corrected chi connectivity index (χ3v) is 6.13. The zero-order valence-electron chi connectivity index (χ0n) is 18.7. The molecule has 5 aromatic rings. The summed E-state index contributed by atoms with van der Waals surface area (Å²) in [6.07, 6.45) is 0.473. The van der Waals surface area contributed by atoms with Gasteiger partial charge in [0.25, 0.3) is 0 Å². The van der Waals surface area contributed by atoms with E-state index in [1.165, 1.54) is 0 Å². The Bertz CT molecular complexity index is 1480. The molecule has 2 heterocycles. The first-order valence-electron chi connectivity index (χ1n) is 10.8. The number of rotatable bonds is 6. The lowest BCUT2D eigenvalue weighted by Gasteiger charge is -2.19. The van der Waals surface area contributed by atoms with E-state index in [4.69, 9.17) is 16.0 Å². The number of halogens is 1. The molecule has 2 N–H and O–H groups in total. The summed E-state index contributed by atoms with van der Waals surface area (Å²) in [7, 11) is 0. The molecule has 0 atom stereocenters. The Morgan fingerprint density at radius 3 is 2.21 bits per heavy atom. The van der Waals surface area contributed by atoms with Gasteiger partial charge in [0.15, 0.2) is 0 Å². The van der Waals surface area contributed by atoms with Crippen LogP contribution in [0.5, 0.6) is 0 Å².